The summed E-state index contributed by atoms with van der Waals surface area (Å²) in [6.07, 6.45) is 1.06. The van der Waals surface area contributed by atoms with Gasteiger partial charge in [-0.05, 0) is 52.3 Å². The Hall–Kier alpha value is -3.12. The van der Waals surface area contributed by atoms with Gasteiger partial charge in [0.05, 0.1) is 5.41 Å². The summed E-state index contributed by atoms with van der Waals surface area (Å²) in [5, 5.41) is 0. The van der Waals surface area contributed by atoms with E-state index in [0.29, 0.717) is 0 Å². The molecule has 0 N–H and O–H groups in total. The minimum Gasteiger partial charge on any atom is -0.0619 e. The first kappa shape index (κ1) is 17.0. The van der Waals surface area contributed by atoms with Gasteiger partial charge in [0.2, 0.25) is 0 Å². The van der Waals surface area contributed by atoms with Gasteiger partial charge in [-0.1, -0.05) is 110 Å². The van der Waals surface area contributed by atoms with Crippen LogP contribution < -0.4 is 0 Å². The van der Waals surface area contributed by atoms with E-state index in [9.17, 15) is 0 Å². The van der Waals surface area contributed by atoms with E-state index < -0.39 is 0 Å². The summed E-state index contributed by atoms with van der Waals surface area (Å²) in [5.41, 5.74) is 10.5. The SMILES string of the molecule is CCc1ccc(C2(c3ccc(C)cc3)c3ccccc3-c3ccccc32)cc1. The second-order valence-corrected chi connectivity index (χ2v) is 7.76. The first-order chi connectivity index (χ1) is 13.7. The van der Waals surface area contributed by atoms with Crippen molar-refractivity contribution >= 4 is 0 Å². The van der Waals surface area contributed by atoms with Gasteiger partial charge in [-0.3, -0.25) is 0 Å². The number of hydrogen-bond acceptors (Lipinski definition) is 0. The number of hydrogen-bond donors (Lipinski definition) is 0. The summed E-state index contributed by atoms with van der Waals surface area (Å²) in [4.78, 5) is 0. The lowest BCUT2D eigenvalue weighted by Gasteiger charge is -2.34. The molecule has 0 heterocycles. The van der Waals surface area contributed by atoms with E-state index in [1.807, 2.05) is 0 Å². The third-order valence-electron chi connectivity index (χ3n) is 6.23. The monoisotopic (exact) mass is 360 g/mol. The van der Waals surface area contributed by atoms with Crippen molar-refractivity contribution in [3.05, 3.63) is 130 Å². The summed E-state index contributed by atoms with van der Waals surface area (Å²) < 4.78 is 0. The van der Waals surface area contributed by atoms with E-state index in [1.54, 1.807) is 0 Å². The zero-order chi connectivity index (χ0) is 19.1. The maximum absolute atomic E-state index is 2.33. The van der Waals surface area contributed by atoms with Crippen molar-refractivity contribution < 1.29 is 0 Å². The Morgan fingerprint density at radius 1 is 0.571 bits per heavy atom. The predicted octanol–water partition coefficient (Wildman–Crippen LogP) is 6.92. The molecule has 0 unspecified atom stereocenters. The highest BCUT2D eigenvalue weighted by Gasteiger charge is 2.45. The lowest BCUT2D eigenvalue weighted by Crippen LogP contribution is -2.28. The summed E-state index contributed by atoms with van der Waals surface area (Å²) >= 11 is 0. The fraction of sp³-hybridized carbons (Fsp3) is 0.143. The maximum atomic E-state index is 2.33. The Morgan fingerprint density at radius 2 is 1.04 bits per heavy atom. The van der Waals surface area contributed by atoms with Crippen LogP contribution in [0.3, 0.4) is 0 Å². The average Bonchev–Trinajstić information content (AvgIpc) is 3.06. The topological polar surface area (TPSA) is 0 Å². The predicted molar refractivity (Wildman–Crippen MR) is 118 cm³/mol. The molecule has 5 rings (SSSR count). The highest BCUT2D eigenvalue weighted by atomic mass is 14.5. The van der Waals surface area contributed by atoms with Crippen LogP contribution in [-0.2, 0) is 11.8 Å². The molecule has 0 nitrogen and oxygen atoms in total. The molecule has 0 saturated carbocycles. The summed E-state index contributed by atoms with van der Waals surface area (Å²) in [5.74, 6) is 0. The average molecular weight is 361 g/mol. The van der Waals surface area contributed by atoms with Crippen LogP contribution in [0.25, 0.3) is 11.1 Å². The lowest BCUT2D eigenvalue weighted by molar-refractivity contribution is 0.767. The van der Waals surface area contributed by atoms with Crippen molar-refractivity contribution in [2.75, 3.05) is 0 Å². The third kappa shape index (κ3) is 2.31. The Morgan fingerprint density at radius 3 is 1.54 bits per heavy atom. The van der Waals surface area contributed by atoms with E-state index >= 15 is 0 Å². The largest absolute Gasteiger partial charge is 0.0713 e. The van der Waals surface area contributed by atoms with Crippen molar-refractivity contribution in [3.63, 3.8) is 0 Å². The van der Waals surface area contributed by atoms with E-state index in [1.165, 1.54) is 44.5 Å². The molecular weight excluding hydrogens is 336 g/mol. The van der Waals surface area contributed by atoms with E-state index in [-0.39, 0.29) is 5.41 Å². The summed E-state index contributed by atoms with van der Waals surface area (Å²) in [6.45, 7) is 4.37. The van der Waals surface area contributed by atoms with Crippen molar-refractivity contribution in [2.24, 2.45) is 0 Å². The quantitative estimate of drug-likeness (QED) is 0.327. The van der Waals surface area contributed by atoms with Crippen molar-refractivity contribution in [2.45, 2.75) is 25.7 Å². The van der Waals surface area contributed by atoms with Crippen LogP contribution in [0.1, 0.15) is 40.3 Å². The molecule has 136 valence electrons. The Balaban J connectivity index is 1.91. The molecule has 0 bridgehead atoms. The summed E-state index contributed by atoms with van der Waals surface area (Å²) in [7, 11) is 0. The molecule has 1 aliphatic carbocycles. The van der Waals surface area contributed by atoms with Gasteiger partial charge in [0, 0.05) is 0 Å². The highest BCUT2D eigenvalue weighted by Crippen LogP contribution is 2.55. The van der Waals surface area contributed by atoms with E-state index in [4.69, 9.17) is 0 Å². The van der Waals surface area contributed by atoms with Crippen LogP contribution in [0, 0.1) is 6.92 Å². The molecule has 0 aliphatic heterocycles. The zero-order valence-electron chi connectivity index (χ0n) is 16.4. The minimum atomic E-state index is -0.271. The molecule has 0 atom stereocenters. The molecule has 1 aliphatic rings. The first-order valence-electron chi connectivity index (χ1n) is 10.1. The normalized spacial score (nSPS) is 13.8. The maximum Gasteiger partial charge on any atom is 0.0713 e. The minimum absolute atomic E-state index is 0.271. The Bertz CT molecular complexity index is 1090. The zero-order valence-corrected chi connectivity index (χ0v) is 16.4. The van der Waals surface area contributed by atoms with E-state index in [2.05, 4.69) is 111 Å². The van der Waals surface area contributed by atoms with Crippen LogP contribution in [0.15, 0.2) is 97.1 Å². The molecule has 0 aromatic heterocycles. The first-order valence-corrected chi connectivity index (χ1v) is 10.1. The van der Waals surface area contributed by atoms with Crippen LogP contribution in [0.2, 0.25) is 0 Å². The fourth-order valence-electron chi connectivity index (χ4n) is 4.82. The van der Waals surface area contributed by atoms with Crippen LogP contribution >= 0.6 is 0 Å². The lowest BCUT2D eigenvalue weighted by atomic mass is 9.67. The van der Waals surface area contributed by atoms with Gasteiger partial charge in [0.15, 0.2) is 0 Å². The molecule has 0 heteroatoms. The second kappa shape index (κ2) is 6.49. The highest BCUT2D eigenvalue weighted by molar-refractivity contribution is 5.86. The van der Waals surface area contributed by atoms with Crippen molar-refractivity contribution in [3.8, 4) is 11.1 Å². The van der Waals surface area contributed by atoms with Gasteiger partial charge >= 0.3 is 0 Å². The molecule has 0 fully saturated rings. The van der Waals surface area contributed by atoms with E-state index in [0.717, 1.165) is 6.42 Å². The number of benzene rings is 4. The second-order valence-electron chi connectivity index (χ2n) is 7.76. The van der Waals surface area contributed by atoms with Gasteiger partial charge < -0.3 is 0 Å². The molecule has 0 saturated heterocycles. The Labute approximate surface area is 167 Å². The smallest absolute Gasteiger partial charge is 0.0619 e. The standard InChI is InChI=1S/C28H24/c1-3-21-14-18-23(19-15-21)28(22-16-12-20(2)13-17-22)26-10-6-4-8-24(26)25-9-5-7-11-27(25)28/h4-19H,3H2,1-2H3. The molecule has 4 aromatic carbocycles. The van der Waals surface area contributed by atoms with Crippen LogP contribution in [0.4, 0.5) is 0 Å². The molecule has 0 radical (unpaired) electrons. The number of rotatable bonds is 3. The third-order valence-corrected chi connectivity index (χ3v) is 6.23. The fourth-order valence-corrected chi connectivity index (χ4v) is 4.82. The summed E-state index contributed by atoms with van der Waals surface area (Å²) in [6, 6.07) is 36.1. The molecular formula is C28H24. The van der Waals surface area contributed by atoms with Crippen molar-refractivity contribution in [1.29, 1.82) is 0 Å². The van der Waals surface area contributed by atoms with Crippen LogP contribution in [-0.4, -0.2) is 0 Å². The molecule has 4 aromatic rings. The molecule has 0 spiro atoms. The van der Waals surface area contributed by atoms with Gasteiger partial charge in [0.25, 0.3) is 0 Å². The van der Waals surface area contributed by atoms with Gasteiger partial charge in [-0.15, -0.1) is 0 Å². The van der Waals surface area contributed by atoms with Crippen LogP contribution in [0.5, 0.6) is 0 Å². The number of fused-ring (bicyclic) bond motifs is 3. The molecule has 28 heavy (non-hydrogen) atoms. The number of aryl methyl sites for hydroxylation is 2. The molecule has 0 amide bonds. The van der Waals surface area contributed by atoms with Crippen molar-refractivity contribution in [1.82, 2.24) is 0 Å². The van der Waals surface area contributed by atoms with Gasteiger partial charge in [-0.25, -0.2) is 0 Å². The Kier molecular flexibility index (Phi) is 3.94. The van der Waals surface area contributed by atoms with Gasteiger partial charge in [-0.2, -0.15) is 0 Å². The van der Waals surface area contributed by atoms with Gasteiger partial charge in [0.1, 0.15) is 0 Å².